The van der Waals surface area contributed by atoms with E-state index in [0.29, 0.717) is 0 Å². The van der Waals surface area contributed by atoms with E-state index in [-0.39, 0.29) is 6.61 Å². The predicted octanol–water partition coefficient (Wildman–Crippen LogP) is 2.46. The van der Waals surface area contributed by atoms with Crippen LogP contribution >= 0.6 is 0 Å². The van der Waals surface area contributed by atoms with Crippen LogP contribution in [-0.2, 0) is 13.0 Å². The molecule has 0 bridgehead atoms. The Hall–Kier alpha value is -1.61. The van der Waals surface area contributed by atoms with Gasteiger partial charge in [-0.1, -0.05) is 12.1 Å². The van der Waals surface area contributed by atoms with Gasteiger partial charge in [0.2, 0.25) is 0 Å². The van der Waals surface area contributed by atoms with E-state index in [4.69, 9.17) is 5.11 Å². The molecule has 2 rings (SSSR count). The van der Waals surface area contributed by atoms with E-state index in [1.54, 1.807) is 0 Å². The first-order valence-corrected chi connectivity index (χ1v) is 5.93. The Kier molecular flexibility index (Phi) is 3.59. The van der Waals surface area contributed by atoms with Crippen molar-refractivity contribution >= 4 is 11.0 Å². The van der Waals surface area contributed by atoms with E-state index >= 15 is 0 Å². The lowest BCUT2D eigenvalue weighted by Gasteiger charge is -2.05. The molecule has 90 valence electrons. The van der Waals surface area contributed by atoms with Crippen molar-refractivity contribution in [1.82, 2.24) is 9.55 Å². The summed E-state index contributed by atoms with van der Waals surface area (Å²) in [7, 11) is 0. The van der Waals surface area contributed by atoms with Crippen molar-refractivity contribution < 1.29 is 5.11 Å². The fourth-order valence-corrected chi connectivity index (χ4v) is 2.05. The zero-order valence-corrected chi connectivity index (χ0v) is 10.2. The van der Waals surface area contributed by atoms with Crippen LogP contribution in [0.1, 0.15) is 17.8 Å². The van der Waals surface area contributed by atoms with E-state index < -0.39 is 0 Å². The fourth-order valence-electron chi connectivity index (χ4n) is 2.05. The second-order valence-electron chi connectivity index (χ2n) is 4.25. The van der Waals surface area contributed by atoms with E-state index in [1.165, 1.54) is 5.56 Å². The van der Waals surface area contributed by atoms with Crippen LogP contribution in [0, 0.1) is 6.92 Å². The molecule has 3 heteroatoms. The minimum atomic E-state index is 0.205. The summed E-state index contributed by atoms with van der Waals surface area (Å²) in [5.41, 5.74) is 3.39. The largest absolute Gasteiger partial charge is 0.396 e. The van der Waals surface area contributed by atoms with Crippen LogP contribution in [0.15, 0.2) is 30.9 Å². The molecule has 0 aliphatic rings. The molecule has 0 saturated carbocycles. The van der Waals surface area contributed by atoms with E-state index in [0.717, 1.165) is 36.2 Å². The second kappa shape index (κ2) is 5.15. The molecule has 1 N–H and O–H groups in total. The Morgan fingerprint density at radius 2 is 2.29 bits per heavy atom. The molecule has 0 unspecified atom stereocenters. The van der Waals surface area contributed by atoms with Gasteiger partial charge in [-0.3, -0.25) is 0 Å². The summed E-state index contributed by atoms with van der Waals surface area (Å²) < 4.78 is 2.16. The van der Waals surface area contributed by atoms with Gasteiger partial charge in [-0.2, -0.15) is 0 Å². The summed E-state index contributed by atoms with van der Waals surface area (Å²) in [4.78, 5) is 4.63. The number of aliphatic hydroxyl groups excluding tert-OH is 1. The molecule has 1 heterocycles. The van der Waals surface area contributed by atoms with Crippen LogP contribution in [0.3, 0.4) is 0 Å². The number of benzene rings is 1. The zero-order valence-electron chi connectivity index (χ0n) is 10.2. The molecular formula is C14H18N2O. The van der Waals surface area contributed by atoms with Crippen LogP contribution in [0.4, 0.5) is 0 Å². The Bertz CT molecular complexity index is 528. The van der Waals surface area contributed by atoms with Crippen molar-refractivity contribution in [3.8, 4) is 0 Å². The summed E-state index contributed by atoms with van der Waals surface area (Å²) >= 11 is 0. The highest BCUT2D eigenvalue weighted by atomic mass is 16.2. The second-order valence-corrected chi connectivity index (χ2v) is 4.25. The number of hydrogen-bond acceptors (Lipinski definition) is 2. The topological polar surface area (TPSA) is 38.0 Å². The number of allylic oxidation sites excluding steroid dienone is 1. The summed E-state index contributed by atoms with van der Waals surface area (Å²) in [6.07, 6.45) is 3.43. The third kappa shape index (κ3) is 2.39. The fraction of sp³-hybridized carbons (Fsp3) is 0.357. The summed E-state index contributed by atoms with van der Waals surface area (Å²) in [6, 6.07) is 6.29. The molecule has 0 aliphatic carbocycles. The minimum absolute atomic E-state index is 0.205. The predicted molar refractivity (Wildman–Crippen MR) is 70.1 cm³/mol. The molecule has 1 aromatic heterocycles. The number of hydrogen-bond donors (Lipinski definition) is 1. The number of fused-ring (bicyclic) bond motifs is 1. The average molecular weight is 230 g/mol. The lowest BCUT2D eigenvalue weighted by atomic mass is 10.2. The Labute approximate surface area is 101 Å². The van der Waals surface area contributed by atoms with Crippen LogP contribution in [-0.4, -0.2) is 21.3 Å². The summed E-state index contributed by atoms with van der Waals surface area (Å²) in [5.74, 6) is 1.03. The van der Waals surface area contributed by atoms with Gasteiger partial charge in [0.25, 0.3) is 0 Å². The summed E-state index contributed by atoms with van der Waals surface area (Å²) in [5, 5.41) is 8.91. The molecule has 0 amide bonds. The van der Waals surface area contributed by atoms with Gasteiger partial charge in [-0.15, -0.1) is 6.58 Å². The first kappa shape index (κ1) is 11.9. The summed E-state index contributed by atoms with van der Waals surface area (Å²) in [6.45, 7) is 6.82. The molecule has 0 saturated heterocycles. The van der Waals surface area contributed by atoms with E-state index in [9.17, 15) is 0 Å². The number of aliphatic hydroxyl groups is 1. The number of aromatic nitrogens is 2. The maximum absolute atomic E-state index is 8.91. The highest BCUT2D eigenvalue weighted by molar-refractivity contribution is 5.77. The molecule has 0 radical (unpaired) electrons. The lowest BCUT2D eigenvalue weighted by Crippen LogP contribution is -2.03. The van der Waals surface area contributed by atoms with Crippen molar-refractivity contribution in [2.45, 2.75) is 26.3 Å². The van der Waals surface area contributed by atoms with Gasteiger partial charge in [0, 0.05) is 19.6 Å². The Morgan fingerprint density at radius 1 is 1.47 bits per heavy atom. The Balaban J connectivity index is 2.49. The molecule has 3 nitrogen and oxygen atoms in total. The normalized spacial score (nSPS) is 10.9. The molecule has 17 heavy (non-hydrogen) atoms. The third-order valence-electron chi connectivity index (χ3n) is 2.85. The van der Waals surface area contributed by atoms with Gasteiger partial charge in [0.1, 0.15) is 5.82 Å². The first-order chi connectivity index (χ1) is 8.26. The van der Waals surface area contributed by atoms with Gasteiger partial charge < -0.3 is 9.67 Å². The van der Waals surface area contributed by atoms with Crippen molar-refractivity contribution in [3.05, 3.63) is 42.2 Å². The van der Waals surface area contributed by atoms with Gasteiger partial charge in [0.05, 0.1) is 11.0 Å². The maximum atomic E-state index is 8.91. The molecule has 2 aromatic rings. The molecule has 1 aromatic carbocycles. The standard InChI is InChI=1S/C14H18N2O/c1-3-8-16-13-7-6-11(2)10-12(13)15-14(16)5-4-9-17/h3,6-7,10,17H,1,4-5,8-9H2,2H3. The van der Waals surface area contributed by atoms with Crippen LogP contribution < -0.4 is 0 Å². The SMILES string of the molecule is C=CCn1c(CCCO)nc2cc(C)ccc21. The number of rotatable bonds is 5. The van der Waals surface area contributed by atoms with Crippen LogP contribution in [0.25, 0.3) is 11.0 Å². The number of aryl methyl sites for hydroxylation is 2. The van der Waals surface area contributed by atoms with Crippen LogP contribution in [0.5, 0.6) is 0 Å². The Morgan fingerprint density at radius 3 is 3.00 bits per heavy atom. The maximum Gasteiger partial charge on any atom is 0.110 e. The third-order valence-corrected chi connectivity index (χ3v) is 2.85. The zero-order chi connectivity index (χ0) is 12.3. The minimum Gasteiger partial charge on any atom is -0.396 e. The molecule has 0 spiro atoms. The van der Waals surface area contributed by atoms with Crippen molar-refractivity contribution in [1.29, 1.82) is 0 Å². The molecular weight excluding hydrogens is 212 g/mol. The quantitative estimate of drug-likeness (QED) is 0.801. The van der Waals surface area contributed by atoms with Gasteiger partial charge in [0.15, 0.2) is 0 Å². The first-order valence-electron chi connectivity index (χ1n) is 5.93. The highest BCUT2D eigenvalue weighted by Gasteiger charge is 2.09. The van der Waals surface area contributed by atoms with Crippen molar-refractivity contribution in [3.63, 3.8) is 0 Å². The van der Waals surface area contributed by atoms with Gasteiger partial charge in [-0.05, 0) is 31.0 Å². The van der Waals surface area contributed by atoms with Crippen molar-refractivity contribution in [2.24, 2.45) is 0 Å². The van der Waals surface area contributed by atoms with Gasteiger partial charge in [-0.25, -0.2) is 4.98 Å². The smallest absolute Gasteiger partial charge is 0.110 e. The average Bonchev–Trinajstić information content (AvgIpc) is 2.64. The van der Waals surface area contributed by atoms with Gasteiger partial charge >= 0.3 is 0 Å². The molecule has 0 fully saturated rings. The number of imidazole rings is 1. The monoisotopic (exact) mass is 230 g/mol. The van der Waals surface area contributed by atoms with Crippen molar-refractivity contribution in [2.75, 3.05) is 6.61 Å². The lowest BCUT2D eigenvalue weighted by molar-refractivity contribution is 0.287. The van der Waals surface area contributed by atoms with E-state index in [1.807, 2.05) is 6.08 Å². The molecule has 0 aliphatic heterocycles. The number of nitrogens with zero attached hydrogens (tertiary/aromatic N) is 2. The van der Waals surface area contributed by atoms with E-state index in [2.05, 4.69) is 41.3 Å². The molecule has 0 atom stereocenters. The highest BCUT2D eigenvalue weighted by Crippen LogP contribution is 2.18. The van der Waals surface area contributed by atoms with Crippen LogP contribution in [0.2, 0.25) is 0 Å².